The molecule has 0 N–H and O–H groups in total. The minimum Gasteiger partial charge on any atom is -0.422 e. The van der Waals surface area contributed by atoms with Crippen LogP contribution in [0, 0.1) is 6.92 Å². The summed E-state index contributed by atoms with van der Waals surface area (Å²) in [7, 11) is 0. The molecule has 0 aliphatic heterocycles. The zero-order valence-electron chi connectivity index (χ0n) is 14.4. The monoisotopic (exact) mass is 332 g/mol. The van der Waals surface area contributed by atoms with Crippen LogP contribution in [0.15, 0.2) is 57.7 Å². The summed E-state index contributed by atoms with van der Waals surface area (Å²) < 4.78 is 11.7. The van der Waals surface area contributed by atoms with Gasteiger partial charge in [-0.25, -0.2) is 4.79 Å². The summed E-state index contributed by atoms with van der Waals surface area (Å²) >= 11 is 0. The highest BCUT2D eigenvalue weighted by Crippen LogP contribution is 2.17. The number of benzene rings is 2. The molecule has 3 heteroatoms. The van der Waals surface area contributed by atoms with Gasteiger partial charge in [0.25, 0.3) is 0 Å². The summed E-state index contributed by atoms with van der Waals surface area (Å²) in [4.78, 5) is 12.3. The van der Waals surface area contributed by atoms with Crippen LogP contribution >= 0.6 is 0 Å². The van der Waals surface area contributed by atoms with E-state index in [1.165, 1.54) is 5.56 Å². The van der Waals surface area contributed by atoms with E-state index in [9.17, 15) is 4.79 Å². The summed E-state index contributed by atoms with van der Waals surface area (Å²) in [5.41, 5.74) is 3.72. The molecular formula is C22H20O3. The minimum atomic E-state index is -0.290. The van der Waals surface area contributed by atoms with Gasteiger partial charge >= 0.3 is 5.63 Å². The van der Waals surface area contributed by atoms with Crippen molar-refractivity contribution in [3.05, 3.63) is 80.7 Å². The fourth-order valence-electron chi connectivity index (χ4n) is 3.34. The van der Waals surface area contributed by atoms with Crippen molar-refractivity contribution in [2.75, 3.05) is 0 Å². The Balaban J connectivity index is 1.71. The van der Waals surface area contributed by atoms with E-state index >= 15 is 0 Å². The molecule has 1 aromatic heterocycles. The van der Waals surface area contributed by atoms with Gasteiger partial charge in [0, 0.05) is 5.22 Å². The molecule has 1 aliphatic rings. The average molecular weight is 332 g/mol. The molecule has 3 aromatic rings. The first-order chi connectivity index (χ1) is 12.1. The maximum Gasteiger partial charge on any atom is 0.344 e. The molecule has 0 saturated carbocycles. The summed E-state index contributed by atoms with van der Waals surface area (Å²) in [5, 5.41) is 2.58. The van der Waals surface area contributed by atoms with Crippen LogP contribution in [-0.4, -0.2) is 6.10 Å². The fraction of sp³-hybridized carbons (Fsp3) is 0.227. The standard InChI is InChI=1S/C22H20O3/c1-14-7-9-16(10-8-14)13-24-20-12-11-18-17-5-3-4-6-19(17)22(23)25-21(18)15(20)2/h3-11,20H,12-13H2,1-2H3. The molecule has 4 rings (SSSR count). The van der Waals surface area contributed by atoms with Crippen LogP contribution in [0.25, 0.3) is 22.4 Å². The Morgan fingerprint density at radius 2 is 1.76 bits per heavy atom. The Bertz CT molecular complexity index is 1100. The second kappa shape index (κ2) is 6.34. The summed E-state index contributed by atoms with van der Waals surface area (Å²) in [6, 6.07) is 15.9. The van der Waals surface area contributed by atoms with Gasteiger partial charge in [0.1, 0.15) is 5.42 Å². The molecule has 0 saturated heterocycles. The SMILES string of the molecule is CC1=c2oc(=O)c3ccccc3c2=CCC1OCc1ccc(C)cc1. The lowest BCUT2D eigenvalue weighted by molar-refractivity contribution is 0.0794. The van der Waals surface area contributed by atoms with E-state index < -0.39 is 0 Å². The van der Waals surface area contributed by atoms with Crippen molar-refractivity contribution in [3.8, 4) is 0 Å². The molecular weight excluding hydrogens is 312 g/mol. The lowest BCUT2D eigenvalue weighted by Crippen LogP contribution is -2.38. The van der Waals surface area contributed by atoms with Crippen LogP contribution in [0.3, 0.4) is 0 Å². The van der Waals surface area contributed by atoms with E-state index in [0.29, 0.717) is 17.4 Å². The number of rotatable bonds is 3. The van der Waals surface area contributed by atoms with Crippen molar-refractivity contribution in [1.82, 2.24) is 0 Å². The number of hydrogen-bond acceptors (Lipinski definition) is 3. The molecule has 1 heterocycles. The Morgan fingerprint density at radius 1 is 1.04 bits per heavy atom. The van der Waals surface area contributed by atoms with Crippen molar-refractivity contribution >= 4 is 22.4 Å². The Labute approximate surface area is 145 Å². The van der Waals surface area contributed by atoms with Crippen LogP contribution < -0.4 is 16.3 Å². The number of hydrogen-bond donors (Lipinski definition) is 0. The van der Waals surface area contributed by atoms with Crippen molar-refractivity contribution in [2.24, 2.45) is 0 Å². The van der Waals surface area contributed by atoms with Gasteiger partial charge in [0.2, 0.25) is 0 Å². The average Bonchev–Trinajstić information content (AvgIpc) is 2.63. The Morgan fingerprint density at radius 3 is 2.52 bits per heavy atom. The van der Waals surface area contributed by atoms with Crippen LogP contribution in [0.1, 0.15) is 24.5 Å². The summed E-state index contributed by atoms with van der Waals surface area (Å²) in [6.45, 7) is 4.61. The van der Waals surface area contributed by atoms with E-state index in [1.807, 2.05) is 31.2 Å². The largest absolute Gasteiger partial charge is 0.422 e. The van der Waals surface area contributed by atoms with Gasteiger partial charge in [-0.1, -0.05) is 54.1 Å². The molecule has 1 aliphatic carbocycles. The maximum atomic E-state index is 12.3. The smallest absolute Gasteiger partial charge is 0.344 e. The third kappa shape index (κ3) is 2.92. The number of fused-ring (bicyclic) bond motifs is 3. The summed E-state index contributed by atoms with van der Waals surface area (Å²) in [6.07, 6.45) is 2.83. The van der Waals surface area contributed by atoms with E-state index in [2.05, 4.69) is 37.3 Å². The minimum absolute atomic E-state index is 0.0712. The Hall–Kier alpha value is -2.65. The van der Waals surface area contributed by atoms with Crippen LogP contribution in [0.2, 0.25) is 0 Å². The van der Waals surface area contributed by atoms with E-state index in [1.54, 1.807) is 0 Å². The molecule has 2 aromatic carbocycles. The van der Waals surface area contributed by atoms with E-state index in [-0.39, 0.29) is 11.7 Å². The van der Waals surface area contributed by atoms with Crippen LogP contribution in [0.5, 0.6) is 0 Å². The van der Waals surface area contributed by atoms with Gasteiger partial charge in [-0.05, 0) is 42.9 Å². The summed E-state index contributed by atoms with van der Waals surface area (Å²) in [5.74, 6) is 0. The molecule has 1 atom stereocenters. The second-order valence-corrected chi connectivity index (χ2v) is 6.59. The van der Waals surface area contributed by atoms with E-state index in [0.717, 1.165) is 28.2 Å². The van der Waals surface area contributed by atoms with Gasteiger partial charge in [0.15, 0.2) is 0 Å². The van der Waals surface area contributed by atoms with Gasteiger partial charge in [-0.15, -0.1) is 0 Å². The van der Waals surface area contributed by atoms with Gasteiger partial charge in [0.05, 0.1) is 18.1 Å². The topological polar surface area (TPSA) is 39.4 Å². The van der Waals surface area contributed by atoms with Crippen molar-refractivity contribution < 1.29 is 9.15 Å². The van der Waals surface area contributed by atoms with Crippen molar-refractivity contribution in [3.63, 3.8) is 0 Å². The second-order valence-electron chi connectivity index (χ2n) is 6.59. The lowest BCUT2D eigenvalue weighted by atomic mass is 9.99. The number of aryl methyl sites for hydroxylation is 1. The maximum absolute atomic E-state index is 12.3. The predicted molar refractivity (Wildman–Crippen MR) is 99.7 cm³/mol. The molecule has 1 unspecified atom stereocenters. The highest BCUT2D eigenvalue weighted by atomic mass is 16.5. The molecule has 3 nitrogen and oxygen atoms in total. The highest BCUT2D eigenvalue weighted by Gasteiger charge is 2.18. The predicted octanol–water partition coefficient (Wildman–Crippen LogP) is 3.04. The zero-order chi connectivity index (χ0) is 17.4. The normalized spacial score (nSPS) is 16.6. The third-order valence-corrected chi connectivity index (χ3v) is 4.83. The number of ether oxygens (including phenoxy) is 1. The van der Waals surface area contributed by atoms with Gasteiger partial charge in [-0.3, -0.25) is 0 Å². The quantitative estimate of drug-likeness (QED) is 0.740. The molecule has 0 amide bonds. The fourth-order valence-corrected chi connectivity index (χ4v) is 3.34. The first kappa shape index (κ1) is 15.9. The molecule has 126 valence electrons. The van der Waals surface area contributed by atoms with Crippen molar-refractivity contribution in [2.45, 2.75) is 33.0 Å². The molecule has 0 radical (unpaired) electrons. The molecule has 0 spiro atoms. The van der Waals surface area contributed by atoms with Gasteiger partial charge < -0.3 is 9.15 Å². The molecule has 0 fully saturated rings. The Kier molecular flexibility index (Phi) is 4.02. The van der Waals surface area contributed by atoms with Crippen molar-refractivity contribution in [1.29, 1.82) is 0 Å². The lowest BCUT2D eigenvalue weighted by Gasteiger charge is -2.20. The van der Waals surface area contributed by atoms with Gasteiger partial charge in [-0.2, -0.15) is 0 Å². The third-order valence-electron chi connectivity index (χ3n) is 4.83. The molecule has 0 bridgehead atoms. The zero-order valence-corrected chi connectivity index (χ0v) is 14.4. The molecule has 25 heavy (non-hydrogen) atoms. The first-order valence-electron chi connectivity index (χ1n) is 8.53. The van der Waals surface area contributed by atoms with E-state index in [4.69, 9.17) is 9.15 Å². The van der Waals surface area contributed by atoms with Crippen LogP contribution in [-0.2, 0) is 11.3 Å². The first-order valence-corrected chi connectivity index (χ1v) is 8.53. The highest BCUT2D eigenvalue weighted by molar-refractivity contribution is 5.83. The van der Waals surface area contributed by atoms with Crippen LogP contribution in [0.4, 0.5) is 0 Å².